The monoisotopic (exact) mass is 510 g/mol. The summed E-state index contributed by atoms with van der Waals surface area (Å²) < 4.78 is 27.2. The van der Waals surface area contributed by atoms with E-state index in [1.165, 1.54) is 4.90 Å². The highest BCUT2D eigenvalue weighted by Gasteiger charge is 2.46. The second-order valence-electron chi connectivity index (χ2n) is 11.5. The number of likely N-dealkylation sites (tertiary alicyclic amines) is 1. The summed E-state index contributed by atoms with van der Waals surface area (Å²) in [4.78, 5) is 28.6. The lowest BCUT2D eigenvalue weighted by molar-refractivity contribution is -0.144. The number of rotatable bonds is 8. The van der Waals surface area contributed by atoms with Crippen LogP contribution in [0.1, 0.15) is 76.9 Å². The Balaban J connectivity index is 1.48. The minimum atomic E-state index is -3.32. The minimum Gasteiger partial charge on any atom is -0.391 e. The van der Waals surface area contributed by atoms with Crippen molar-refractivity contribution >= 4 is 21.8 Å². The van der Waals surface area contributed by atoms with Crippen molar-refractivity contribution in [2.45, 2.75) is 89.4 Å². The van der Waals surface area contributed by atoms with Crippen molar-refractivity contribution in [1.29, 1.82) is 0 Å². The van der Waals surface area contributed by atoms with Crippen LogP contribution >= 0.6 is 0 Å². The smallest absolute Gasteiger partial charge is 0.248 e. The van der Waals surface area contributed by atoms with Crippen molar-refractivity contribution in [3.05, 3.63) is 11.9 Å². The van der Waals surface area contributed by atoms with Crippen LogP contribution in [-0.4, -0.2) is 82.8 Å². The Hall–Kier alpha value is -2.05. The molecule has 1 aliphatic heterocycles. The second kappa shape index (κ2) is 9.78. The van der Waals surface area contributed by atoms with Gasteiger partial charge in [-0.3, -0.25) is 9.59 Å². The average Bonchev–Trinajstić information content (AvgIpc) is 3.13. The zero-order chi connectivity index (χ0) is 25.5. The summed E-state index contributed by atoms with van der Waals surface area (Å²) in [6, 6.07) is -1.64. The fourth-order valence-electron chi connectivity index (χ4n) is 5.33. The zero-order valence-electron chi connectivity index (χ0n) is 21.0. The Kier molecular flexibility index (Phi) is 7.27. The number of sulfonamides is 1. The summed E-state index contributed by atoms with van der Waals surface area (Å²) in [7, 11) is -3.32. The topological polar surface area (TPSA) is 147 Å². The summed E-state index contributed by atoms with van der Waals surface area (Å²) in [6.07, 6.45) is 6.93. The first-order chi connectivity index (χ1) is 16.3. The lowest BCUT2D eigenvalue weighted by Gasteiger charge is -2.35. The molecular weight excluding hydrogens is 472 g/mol. The van der Waals surface area contributed by atoms with Crippen molar-refractivity contribution in [3.63, 3.8) is 0 Å². The van der Waals surface area contributed by atoms with E-state index >= 15 is 0 Å². The van der Waals surface area contributed by atoms with Crippen LogP contribution in [0.5, 0.6) is 0 Å². The largest absolute Gasteiger partial charge is 0.391 e. The average molecular weight is 511 g/mol. The first-order valence-corrected chi connectivity index (χ1v) is 14.4. The van der Waals surface area contributed by atoms with Crippen LogP contribution in [0.4, 0.5) is 0 Å². The fraction of sp³-hybridized carbons (Fsp3) is 0.826. The third-order valence-electron chi connectivity index (χ3n) is 7.30. The van der Waals surface area contributed by atoms with Crippen molar-refractivity contribution in [1.82, 2.24) is 29.9 Å². The molecule has 1 aromatic heterocycles. The maximum atomic E-state index is 13.8. The lowest BCUT2D eigenvalue weighted by Crippen LogP contribution is -2.53. The quantitative estimate of drug-likeness (QED) is 0.462. The molecule has 0 spiro atoms. The zero-order valence-corrected chi connectivity index (χ0v) is 21.8. The van der Waals surface area contributed by atoms with Gasteiger partial charge in [-0.1, -0.05) is 32.4 Å². The van der Waals surface area contributed by atoms with Gasteiger partial charge >= 0.3 is 0 Å². The first-order valence-electron chi connectivity index (χ1n) is 12.5. The molecule has 35 heavy (non-hydrogen) atoms. The van der Waals surface area contributed by atoms with E-state index in [0.717, 1.165) is 44.1 Å². The van der Waals surface area contributed by atoms with Crippen molar-refractivity contribution < 1.29 is 23.1 Å². The standard InChI is InChI=1S/C23H38N6O5S/c1-23(2,3)20(29-13-18(26-27-29)14-8-9-14)22(32)28-12-16(30)10-19(28)21(31)25-17-7-5-6-15(17)11-24-35(4,33)34/h13-17,19-20,24,30H,5-12H2,1-4H3,(H,25,31)/t15?,16?,17?,19?,20-/m0/s1. The molecule has 2 amide bonds. The van der Waals surface area contributed by atoms with Crippen LogP contribution < -0.4 is 10.0 Å². The van der Waals surface area contributed by atoms with E-state index < -0.39 is 33.6 Å². The fourth-order valence-corrected chi connectivity index (χ4v) is 5.85. The van der Waals surface area contributed by atoms with Crippen LogP contribution in [0.15, 0.2) is 6.20 Å². The molecule has 0 bridgehead atoms. The van der Waals surface area contributed by atoms with E-state index in [2.05, 4.69) is 20.4 Å². The SMILES string of the molecule is CC(C)(C)[C@H](C(=O)N1CC(O)CC1C(=O)NC1CCCC1CNS(C)(=O)=O)n1cc(C2CC2)nn1. The molecule has 4 unspecified atom stereocenters. The number of aromatic nitrogens is 3. The highest BCUT2D eigenvalue weighted by atomic mass is 32.2. The summed E-state index contributed by atoms with van der Waals surface area (Å²) in [5, 5.41) is 22.0. The Morgan fingerprint density at radius 3 is 2.57 bits per heavy atom. The highest BCUT2D eigenvalue weighted by molar-refractivity contribution is 7.88. The molecule has 1 saturated heterocycles. The molecule has 0 radical (unpaired) electrons. The molecule has 1 aromatic rings. The van der Waals surface area contributed by atoms with Crippen LogP contribution in [0.2, 0.25) is 0 Å². The van der Waals surface area contributed by atoms with Gasteiger partial charge in [0, 0.05) is 37.7 Å². The number of carbonyl (C=O) groups is 2. The van der Waals surface area contributed by atoms with Gasteiger partial charge in [-0.2, -0.15) is 0 Å². The van der Waals surface area contributed by atoms with Crippen molar-refractivity contribution in [2.24, 2.45) is 11.3 Å². The molecule has 0 aromatic carbocycles. The molecule has 3 N–H and O–H groups in total. The molecule has 11 nitrogen and oxygen atoms in total. The third-order valence-corrected chi connectivity index (χ3v) is 7.99. The number of aliphatic hydroxyl groups excluding tert-OH is 1. The van der Waals surface area contributed by atoms with E-state index in [4.69, 9.17) is 0 Å². The van der Waals surface area contributed by atoms with E-state index in [1.807, 2.05) is 27.0 Å². The number of nitrogens with zero attached hydrogens (tertiary/aromatic N) is 4. The van der Waals surface area contributed by atoms with E-state index in [0.29, 0.717) is 5.92 Å². The van der Waals surface area contributed by atoms with Gasteiger partial charge in [0.05, 0.1) is 18.1 Å². The van der Waals surface area contributed by atoms with Crippen molar-refractivity contribution in [3.8, 4) is 0 Å². The van der Waals surface area contributed by atoms with Gasteiger partial charge in [0.15, 0.2) is 0 Å². The van der Waals surface area contributed by atoms with Gasteiger partial charge in [-0.15, -0.1) is 5.10 Å². The van der Waals surface area contributed by atoms with Crippen LogP contribution in [0.25, 0.3) is 0 Å². The summed E-state index contributed by atoms with van der Waals surface area (Å²) in [6.45, 7) is 6.20. The van der Waals surface area contributed by atoms with Gasteiger partial charge in [-0.05, 0) is 37.0 Å². The summed E-state index contributed by atoms with van der Waals surface area (Å²) in [5.41, 5.74) is 0.395. The Labute approximate surface area is 207 Å². The van der Waals surface area contributed by atoms with E-state index in [9.17, 15) is 23.1 Å². The normalized spacial score (nSPS) is 28.3. The third kappa shape index (κ3) is 6.21. The Morgan fingerprint density at radius 1 is 1.23 bits per heavy atom. The molecule has 196 valence electrons. The first kappa shape index (κ1) is 26.0. The van der Waals surface area contributed by atoms with Crippen molar-refractivity contribution in [2.75, 3.05) is 19.3 Å². The molecule has 12 heteroatoms. The van der Waals surface area contributed by atoms with Crippen LogP contribution in [-0.2, 0) is 19.6 Å². The predicted octanol–water partition coefficient (Wildman–Crippen LogP) is 0.539. The number of nitrogens with one attached hydrogen (secondary N) is 2. The maximum Gasteiger partial charge on any atom is 0.248 e. The van der Waals surface area contributed by atoms with Gasteiger partial charge in [0.1, 0.15) is 12.1 Å². The Bertz CT molecular complexity index is 1050. The minimum absolute atomic E-state index is 0.0116. The number of hydrogen-bond acceptors (Lipinski definition) is 7. The number of carbonyl (C=O) groups excluding carboxylic acids is 2. The number of aliphatic hydroxyl groups is 1. The number of amides is 2. The lowest BCUT2D eigenvalue weighted by atomic mass is 9.85. The van der Waals surface area contributed by atoms with Crippen LogP contribution in [0, 0.1) is 11.3 Å². The number of hydrogen-bond donors (Lipinski definition) is 3. The second-order valence-corrected chi connectivity index (χ2v) is 13.3. The maximum absolute atomic E-state index is 13.8. The molecule has 3 aliphatic rings. The van der Waals surface area contributed by atoms with Gasteiger partial charge < -0.3 is 15.3 Å². The molecule has 2 heterocycles. The molecule has 2 saturated carbocycles. The van der Waals surface area contributed by atoms with Gasteiger partial charge in [0.2, 0.25) is 21.8 Å². The van der Waals surface area contributed by atoms with Gasteiger partial charge in [0.25, 0.3) is 0 Å². The molecule has 5 atom stereocenters. The Morgan fingerprint density at radius 2 is 1.94 bits per heavy atom. The molecule has 3 fully saturated rings. The van der Waals surface area contributed by atoms with E-state index in [-0.39, 0.29) is 43.3 Å². The highest BCUT2D eigenvalue weighted by Crippen LogP contribution is 2.40. The summed E-state index contributed by atoms with van der Waals surface area (Å²) >= 11 is 0. The molecular formula is C23H38N6O5S. The van der Waals surface area contributed by atoms with E-state index in [1.54, 1.807) is 4.68 Å². The van der Waals surface area contributed by atoms with Crippen LogP contribution in [0.3, 0.4) is 0 Å². The number of β-amino-alcohol motifs (C(OH)–C–C–N with tert-alkyl or cyclic N) is 1. The summed E-state index contributed by atoms with van der Waals surface area (Å²) in [5.74, 6) is -0.176. The predicted molar refractivity (Wildman–Crippen MR) is 129 cm³/mol. The van der Waals surface area contributed by atoms with Gasteiger partial charge in [-0.25, -0.2) is 17.8 Å². The molecule has 4 rings (SSSR count). The molecule has 2 aliphatic carbocycles.